The largest absolute Gasteiger partial charge is 0.337 e. The molecule has 2 aromatic heterocycles. The molecule has 0 aliphatic carbocycles. The van der Waals surface area contributed by atoms with Crippen LogP contribution in [0.5, 0.6) is 0 Å². The number of hydrogen-bond acceptors (Lipinski definition) is 7. The highest BCUT2D eigenvalue weighted by Crippen LogP contribution is 2.29. The lowest BCUT2D eigenvalue weighted by Crippen LogP contribution is -2.11. The zero-order chi connectivity index (χ0) is 18.7. The number of halogens is 1. The lowest BCUT2D eigenvalue weighted by Gasteiger charge is -2.13. The minimum Gasteiger partial charge on any atom is -0.337 e. The van der Waals surface area contributed by atoms with E-state index >= 15 is 0 Å². The van der Waals surface area contributed by atoms with Crippen LogP contribution in [0.4, 0.5) is 29.0 Å². The van der Waals surface area contributed by atoms with Gasteiger partial charge in [-0.15, -0.1) is 0 Å². The predicted molar refractivity (Wildman–Crippen MR) is 104 cm³/mol. The van der Waals surface area contributed by atoms with Crippen molar-refractivity contribution in [2.75, 3.05) is 21.6 Å². The number of aryl methyl sites for hydroxylation is 1. The third-order valence-corrected chi connectivity index (χ3v) is 4.34. The Hall–Kier alpha value is -2.66. The topological polar surface area (TPSA) is 114 Å². The Morgan fingerprint density at radius 1 is 1.12 bits per heavy atom. The summed E-state index contributed by atoms with van der Waals surface area (Å²) in [6.45, 7) is 0. The van der Waals surface area contributed by atoms with Crippen molar-refractivity contribution >= 4 is 54.9 Å². The van der Waals surface area contributed by atoms with Crippen molar-refractivity contribution < 1.29 is 8.42 Å². The second-order valence-electron chi connectivity index (χ2n) is 5.43. The Morgan fingerprint density at radius 2 is 1.85 bits per heavy atom. The van der Waals surface area contributed by atoms with Crippen LogP contribution in [0, 0.1) is 0 Å². The van der Waals surface area contributed by atoms with Crippen molar-refractivity contribution in [2.45, 2.75) is 0 Å². The molecule has 0 fully saturated rings. The molecule has 0 saturated heterocycles. The monoisotopic (exact) mass is 437 g/mol. The van der Waals surface area contributed by atoms with Gasteiger partial charge in [-0.25, -0.2) is 13.4 Å². The molecule has 9 nitrogen and oxygen atoms in total. The first kappa shape index (κ1) is 18.1. The van der Waals surface area contributed by atoms with Crippen molar-refractivity contribution in [2.24, 2.45) is 7.05 Å². The van der Waals surface area contributed by atoms with Crippen LogP contribution in [-0.2, 0) is 17.1 Å². The van der Waals surface area contributed by atoms with Gasteiger partial charge in [-0.2, -0.15) is 10.1 Å². The minimum absolute atomic E-state index is 0.350. The minimum atomic E-state index is -3.41. The summed E-state index contributed by atoms with van der Waals surface area (Å²) in [4.78, 5) is 8.60. The van der Waals surface area contributed by atoms with Crippen LogP contribution in [0.25, 0.3) is 0 Å². The van der Waals surface area contributed by atoms with E-state index in [1.54, 1.807) is 47.4 Å². The van der Waals surface area contributed by atoms with Crippen molar-refractivity contribution in [3.8, 4) is 0 Å². The van der Waals surface area contributed by atoms with Gasteiger partial charge in [0.1, 0.15) is 5.82 Å². The lowest BCUT2D eigenvalue weighted by atomic mass is 10.2. The summed E-state index contributed by atoms with van der Waals surface area (Å²) in [5.41, 5.74) is 0.973. The molecule has 0 bridgehead atoms. The highest BCUT2D eigenvalue weighted by atomic mass is 79.9. The van der Waals surface area contributed by atoms with Crippen LogP contribution in [0.3, 0.4) is 0 Å². The number of rotatable bonds is 6. The predicted octanol–water partition coefficient (Wildman–Crippen LogP) is 2.83. The second kappa shape index (κ2) is 7.30. The molecular formula is C15H16BrN7O2S. The van der Waals surface area contributed by atoms with Gasteiger partial charge in [-0.05, 0) is 28.1 Å². The molecule has 0 unspecified atom stereocenters. The van der Waals surface area contributed by atoms with E-state index in [4.69, 9.17) is 0 Å². The Kier molecular flexibility index (Phi) is 5.09. The van der Waals surface area contributed by atoms with Gasteiger partial charge in [0.05, 0.1) is 22.1 Å². The normalized spacial score (nSPS) is 11.2. The highest BCUT2D eigenvalue weighted by Gasteiger charge is 2.11. The van der Waals surface area contributed by atoms with E-state index in [2.05, 4.69) is 46.4 Å². The van der Waals surface area contributed by atoms with Crippen LogP contribution in [0.15, 0.2) is 47.2 Å². The average molecular weight is 438 g/mol. The number of anilines is 5. The number of hydrogen-bond donors (Lipinski definition) is 3. The summed E-state index contributed by atoms with van der Waals surface area (Å²) < 4.78 is 27.8. The molecule has 3 rings (SSSR count). The Balaban J connectivity index is 1.87. The van der Waals surface area contributed by atoms with Crippen molar-refractivity contribution in [3.63, 3.8) is 0 Å². The molecule has 0 amide bonds. The van der Waals surface area contributed by atoms with Crippen LogP contribution in [0.2, 0.25) is 0 Å². The number of para-hydroxylation sites is 2. The van der Waals surface area contributed by atoms with Crippen LogP contribution in [0.1, 0.15) is 0 Å². The summed E-state index contributed by atoms with van der Waals surface area (Å²) >= 11 is 3.39. The maximum absolute atomic E-state index is 11.5. The number of benzene rings is 1. The van der Waals surface area contributed by atoms with E-state index in [0.29, 0.717) is 33.4 Å². The van der Waals surface area contributed by atoms with Gasteiger partial charge in [0.15, 0.2) is 5.82 Å². The van der Waals surface area contributed by atoms with Crippen LogP contribution in [-0.4, -0.2) is 34.4 Å². The quantitative estimate of drug-likeness (QED) is 0.542. The molecule has 1 aromatic carbocycles. The van der Waals surface area contributed by atoms with Gasteiger partial charge in [0.2, 0.25) is 16.0 Å². The summed E-state index contributed by atoms with van der Waals surface area (Å²) in [6, 6.07) is 8.73. The third-order valence-electron chi connectivity index (χ3n) is 3.17. The van der Waals surface area contributed by atoms with Crippen molar-refractivity contribution in [1.29, 1.82) is 0 Å². The van der Waals surface area contributed by atoms with Gasteiger partial charge in [-0.1, -0.05) is 12.1 Å². The number of sulfonamides is 1. The fourth-order valence-corrected chi connectivity index (χ4v) is 2.99. The number of nitrogens with zero attached hydrogens (tertiary/aromatic N) is 4. The molecule has 3 N–H and O–H groups in total. The first-order valence-corrected chi connectivity index (χ1v) is 10.1. The van der Waals surface area contributed by atoms with E-state index in [-0.39, 0.29) is 0 Å². The van der Waals surface area contributed by atoms with E-state index in [0.717, 1.165) is 6.26 Å². The second-order valence-corrected chi connectivity index (χ2v) is 8.04. The fourth-order valence-electron chi connectivity index (χ4n) is 2.12. The van der Waals surface area contributed by atoms with Gasteiger partial charge in [0, 0.05) is 25.5 Å². The molecule has 0 spiro atoms. The molecule has 26 heavy (non-hydrogen) atoms. The summed E-state index contributed by atoms with van der Waals surface area (Å²) in [7, 11) is -1.59. The first-order valence-electron chi connectivity index (χ1n) is 7.43. The summed E-state index contributed by atoms with van der Waals surface area (Å²) in [5, 5.41) is 10.3. The van der Waals surface area contributed by atoms with E-state index < -0.39 is 10.0 Å². The molecule has 3 aromatic rings. The zero-order valence-corrected chi connectivity index (χ0v) is 16.3. The molecule has 0 atom stereocenters. The molecule has 0 radical (unpaired) electrons. The fraction of sp³-hybridized carbons (Fsp3) is 0.133. The SMILES string of the molecule is Cn1ccc(Nc2ncc(Br)c(Nc3ccccc3NS(C)(=O)=O)n2)n1. The molecule has 11 heteroatoms. The molecular weight excluding hydrogens is 422 g/mol. The van der Waals surface area contributed by atoms with Gasteiger partial charge in [-0.3, -0.25) is 9.40 Å². The average Bonchev–Trinajstić information content (AvgIpc) is 2.96. The Morgan fingerprint density at radius 3 is 2.50 bits per heavy atom. The van der Waals surface area contributed by atoms with E-state index in [1.165, 1.54) is 0 Å². The van der Waals surface area contributed by atoms with Gasteiger partial charge < -0.3 is 10.6 Å². The zero-order valence-electron chi connectivity index (χ0n) is 13.9. The smallest absolute Gasteiger partial charge is 0.230 e. The molecule has 2 heterocycles. The maximum atomic E-state index is 11.5. The van der Waals surface area contributed by atoms with Crippen molar-refractivity contribution in [1.82, 2.24) is 19.7 Å². The summed E-state index contributed by atoms with van der Waals surface area (Å²) in [5.74, 6) is 1.43. The van der Waals surface area contributed by atoms with Crippen LogP contribution >= 0.6 is 15.9 Å². The molecule has 0 saturated carbocycles. The standard InChI is InChI=1S/C15H16BrN7O2S/c1-23-8-7-13(21-23)19-15-17-9-10(16)14(20-15)18-11-5-3-4-6-12(11)22-26(2,24)25/h3-9,22H,1-2H3,(H2,17,18,19,20,21). The Bertz CT molecular complexity index is 1040. The van der Waals surface area contributed by atoms with Crippen molar-refractivity contribution in [3.05, 3.63) is 47.2 Å². The van der Waals surface area contributed by atoms with E-state index in [9.17, 15) is 8.42 Å². The summed E-state index contributed by atoms with van der Waals surface area (Å²) in [6.07, 6.45) is 4.49. The Labute approximate surface area is 159 Å². The first-order chi connectivity index (χ1) is 12.3. The highest BCUT2D eigenvalue weighted by molar-refractivity contribution is 9.10. The van der Waals surface area contributed by atoms with Gasteiger partial charge in [0.25, 0.3) is 0 Å². The number of nitrogens with one attached hydrogen (secondary N) is 3. The van der Waals surface area contributed by atoms with E-state index in [1.807, 2.05) is 7.05 Å². The molecule has 136 valence electrons. The third kappa shape index (κ3) is 4.70. The number of aromatic nitrogens is 4. The van der Waals surface area contributed by atoms with Gasteiger partial charge >= 0.3 is 0 Å². The molecule has 0 aliphatic rings. The van der Waals surface area contributed by atoms with Crippen LogP contribution < -0.4 is 15.4 Å². The molecule has 0 aliphatic heterocycles. The lowest BCUT2D eigenvalue weighted by molar-refractivity contribution is 0.607. The maximum Gasteiger partial charge on any atom is 0.230 e.